The molecular weight excluding hydrogens is 346 g/mol. The molecule has 2 atom stereocenters. The number of nitrogens with zero attached hydrogens (tertiary/aromatic N) is 2. The summed E-state index contributed by atoms with van der Waals surface area (Å²) in [6.07, 6.45) is 7.12. The molecule has 0 bridgehead atoms. The summed E-state index contributed by atoms with van der Waals surface area (Å²) >= 11 is 0. The topological polar surface area (TPSA) is 82.1 Å². The quantitative estimate of drug-likeness (QED) is 0.557. The first-order valence-corrected chi connectivity index (χ1v) is 10.6. The Bertz CT molecular complexity index is 466. The van der Waals surface area contributed by atoms with Crippen LogP contribution in [0.2, 0.25) is 0 Å². The van der Waals surface area contributed by atoms with Crippen LogP contribution >= 0.6 is 0 Å². The van der Waals surface area contributed by atoms with Gasteiger partial charge in [0.25, 0.3) is 0 Å². The Morgan fingerprint density at radius 2 is 1.89 bits per heavy atom. The number of hydrogen-bond donors (Lipinski definition) is 2. The second-order valence-electron chi connectivity index (χ2n) is 7.99. The fourth-order valence-electron chi connectivity index (χ4n) is 4.31. The van der Waals surface area contributed by atoms with Crippen LogP contribution < -0.4 is 5.32 Å². The normalized spacial score (nSPS) is 24.9. The number of carboxylic acids is 1. The predicted molar refractivity (Wildman–Crippen MR) is 105 cm³/mol. The molecule has 2 unspecified atom stereocenters. The fourth-order valence-corrected chi connectivity index (χ4v) is 4.31. The van der Waals surface area contributed by atoms with Crippen molar-refractivity contribution < 1.29 is 19.4 Å². The second kappa shape index (κ2) is 11.6. The summed E-state index contributed by atoms with van der Waals surface area (Å²) in [5.41, 5.74) is 0. The summed E-state index contributed by atoms with van der Waals surface area (Å²) < 4.78 is 5.94. The smallest absolute Gasteiger partial charge is 0.317 e. The Kier molecular flexibility index (Phi) is 9.51. The van der Waals surface area contributed by atoms with E-state index in [-0.39, 0.29) is 12.5 Å². The van der Waals surface area contributed by atoms with Crippen LogP contribution in [0.1, 0.15) is 52.4 Å². The van der Waals surface area contributed by atoms with E-state index in [1.807, 2.05) is 11.8 Å². The van der Waals surface area contributed by atoms with Crippen LogP contribution in [0.25, 0.3) is 0 Å². The molecule has 1 aliphatic carbocycles. The van der Waals surface area contributed by atoms with E-state index in [0.29, 0.717) is 37.8 Å². The zero-order chi connectivity index (χ0) is 19.6. The van der Waals surface area contributed by atoms with Gasteiger partial charge in [0, 0.05) is 25.7 Å². The van der Waals surface area contributed by atoms with Crippen molar-refractivity contribution in [3.8, 4) is 0 Å². The highest BCUT2D eigenvalue weighted by Gasteiger charge is 2.26. The van der Waals surface area contributed by atoms with E-state index in [0.717, 1.165) is 38.9 Å². The number of nitrogens with one attached hydrogen (secondary N) is 1. The average molecular weight is 384 g/mol. The number of carbonyl (C=O) groups excluding carboxylic acids is 1. The Hall–Kier alpha value is -1.18. The monoisotopic (exact) mass is 383 g/mol. The number of carbonyl (C=O) groups is 2. The van der Waals surface area contributed by atoms with Crippen LogP contribution in [-0.2, 0) is 14.3 Å². The Labute approximate surface area is 163 Å². The van der Waals surface area contributed by atoms with E-state index < -0.39 is 5.97 Å². The van der Waals surface area contributed by atoms with Crippen molar-refractivity contribution in [1.29, 1.82) is 0 Å². The first-order valence-electron chi connectivity index (χ1n) is 10.6. The molecule has 0 radical (unpaired) electrons. The minimum Gasteiger partial charge on any atom is -0.480 e. The van der Waals surface area contributed by atoms with Gasteiger partial charge in [0.1, 0.15) is 0 Å². The lowest BCUT2D eigenvalue weighted by atomic mass is 9.88. The van der Waals surface area contributed by atoms with Gasteiger partial charge in [-0.05, 0) is 38.1 Å². The zero-order valence-electron chi connectivity index (χ0n) is 17.0. The summed E-state index contributed by atoms with van der Waals surface area (Å²) in [5.74, 6) is -0.102. The number of ether oxygens (including phenoxy) is 1. The summed E-state index contributed by atoms with van der Waals surface area (Å²) in [6.45, 7) is 8.34. The highest BCUT2D eigenvalue weighted by molar-refractivity contribution is 5.78. The number of rotatable bonds is 10. The maximum atomic E-state index is 12.1. The molecule has 7 heteroatoms. The van der Waals surface area contributed by atoms with Gasteiger partial charge in [-0.15, -0.1) is 0 Å². The van der Waals surface area contributed by atoms with Gasteiger partial charge in [0.2, 0.25) is 5.91 Å². The van der Waals surface area contributed by atoms with Gasteiger partial charge < -0.3 is 15.2 Å². The minimum atomic E-state index is -0.775. The number of amides is 1. The molecule has 2 rings (SSSR count). The van der Waals surface area contributed by atoms with Crippen LogP contribution in [0, 0.1) is 5.92 Å². The van der Waals surface area contributed by atoms with Crippen molar-refractivity contribution in [3.05, 3.63) is 0 Å². The lowest BCUT2D eigenvalue weighted by molar-refractivity contribution is -0.139. The molecule has 2 N–H and O–H groups in total. The highest BCUT2D eigenvalue weighted by Crippen LogP contribution is 2.26. The van der Waals surface area contributed by atoms with Crippen LogP contribution in [0.15, 0.2) is 0 Å². The number of likely N-dealkylation sites (N-methyl/N-ethyl adjacent to an activating group) is 1. The summed E-state index contributed by atoms with van der Waals surface area (Å²) in [7, 11) is 0. The van der Waals surface area contributed by atoms with Crippen LogP contribution in [-0.4, -0.2) is 84.8 Å². The van der Waals surface area contributed by atoms with Crippen LogP contribution in [0.3, 0.4) is 0 Å². The third kappa shape index (κ3) is 7.76. The molecule has 0 spiro atoms. The SMILES string of the molecule is CCN(CC(=O)O)C1CCN(CC(=O)NCCOC2CCCCC2C)CC1. The maximum Gasteiger partial charge on any atom is 0.317 e. The second-order valence-corrected chi connectivity index (χ2v) is 7.99. The highest BCUT2D eigenvalue weighted by atomic mass is 16.5. The fraction of sp³-hybridized carbons (Fsp3) is 0.900. The molecule has 27 heavy (non-hydrogen) atoms. The lowest BCUT2D eigenvalue weighted by Gasteiger charge is -2.37. The largest absolute Gasteiger partial charge is 0.480 e. The average Bonchev–Trinajstić information content (AvgIpc) is 2.65. The van der Waals surface area contributed by atoms with Crippen molar-refractivity contribution in [1.82, 2.24) is 15.1 Å². The van der Waals surface area contributed by atoms with Gasteiger partial charge >= 0.3 is 5.97 Å². The Morgan fingerprint density at radius 1 is 1.19 bits per heavy atom. The molecule has 1 heterocycles. The number of likely N-dealkylation sites (tertiary alicyclic amines) is 1. The van der Waals surface area contributed by atoms with Crippen molar-refractivity contribution in [3.63, 3.8) is 0 Å². The first kappa shape index (κ1) is 22.1. The van der Waals surface area contributed by atoms with E-state index in [1.54, 1.807) is 0 Å². The first-order chi connectivity index (χ1) is 13.0. The molecule has 1 saturated heterocycles. The van der Waals surface area contributed by atoms with Gasteiger partial charge in [-0.3, -0.25) is 19.4 Å². The number of carboxylic acid groups (broad SMARTS) is 1. The maximum absolute atomic E-state index is 12.1. The van der Waals surface area contributed by atoms with Crippen molar-refractivity contribution >= 4 is 11.9 Å². The summed E-state index contributed by atoms with van der Waals surface area (Å²) in [6, 6.07) is 0.302. The molecule has 2 fully saturated rings. The van der Waals surface area contributed by atoms with Gasteiger partial charge in [-0.2, -0.15) is 0 Å². The molecule has 156 valence electrons. The molecule has 2 aliphatic rings. The van der Waals surface area contributed by atoms with Gasteiger partial charge in [-0.1, -0.05) is 26.7 Å². The van der Waals surface area contributed by atoms with E-state index in [1.165, 1.54) is 19.3 Å². The van der Waals surface area contributed by atoms with Crippen molar-refractivity contribution in [2.75, 3.05) is 45.9 Å². The van der Waals surface area contributed by atoms with Gasteiger partial charge in [0.15, 0.2) is 0 Å². The van der Waals surface area contributed by atoms with E-state index in [4.69, 9.17) is 9.84 Å². The van der Waals surface area contributed by atoms with E-state index >= 15 is 0 Å². The third-order valence-electron chi connectivity index (χ3n) is 5.97. The van der Waals surface area contributed by atoms with Gasteiger partial charge in [-0.25, -0.2) is 0 Å². The summed E-state index contributed by atoms with van der Waals surface area (Å²) in [5, 5.41) is 12.0. The standard InChI is InChI=1S/C20H37N3O4/c1-3-23(15-20(25)26)17-8-11-22(12-9-17)14-19(24)21-10-13-27-18-7-5-4-6-16(18)2/h16-18H,3-15H2,1-2H3,(H,21,24)(H,25,26). The number of aliphatic carboxylic acids is 1. The van der Waals surface area contributed by atoms with E-state index in [9.17, 15) is 9.59 Å². The predicted octanol–water partition coefficient (Wildman–Crippen LogP) is 1.57. The van der Waals surface area contributed by atoms with Crippen molar-refractivity contribution in [2.45, 2.75) is 64.5 Å². The minimum absolute atomic E-state index is 0.0478. The summed E-state index contributed by atoms with van der Waals surface area (Å²) in [4.78, 5) is 27.3. The van der Waals surface area contributed by atoms with E-state index in [2.05, 4.69) is 17.1 Å². The molecule has 1 amide bonds. The molecular formula is C20H37N3O4. The molecule has 7 nitrogen and oxygen atoms in total. The lowest BCUT2D eigenvalue weighted by Crippen LogP contribution is -2.48. The molecule has 0 aromatic rings. The Morgan fingerprint density at radius 3 is 2.52 bits per heavy atom. The number of piperidine rings is 1. The molecule has 0 aromatic heterocycles. The third-order valence-corrected chi connectivity index (χ3v) is 5.97. The van der Waals surface area contributed by atoms with Crippen LogP contribution in [0.4, 0.5) is 0 Å². The van der Waals surface area contributed by atoms with Gasteiger partial charge in [0.05, 0.1) is 25.8 Å². The van der Waals surface area contributed by atoms with Crippen molar-refractivity contribution in [2.24, 2.45) is 5.92 Å². The molecule has 1 aliphatic heterocycles. The van der Waals surface area contributed by atoms with Crippen LogP contribution in [0.5, 0.6) is 0 Å². The zero-order valence-corrected chi connectivity index (χ0v) is 17.0. The Balaban J connectivity index is 1.58. The number of hydrogen-bond acceptors (Lipinski definition) is 5. The molecule has 0 aromatic carbocycles. The molecule has 1 saturated carbocycles.